The smallest absolute Gasteiger partial charge is 0.303 e. The summed E-state index contributed by atoms with van der Waals surface area (Å²) >= 11 is 0.726. The van der Waals surface area contributed by atoms with E-state index < -0.39 is 23.9 Å². The van der Waals surface area contributed by atoms with Gasteiger partial charge in [-0.2, -0.15) is 103 Å². The van der Waals surface area contributed by atoms with E-state index in [2.05, 4.69) is 79.7 Å². The average Bonchev–Trinajstić information content (AvgIpc) is 1.82. The van der Waals surface area contributed by atoms with Gasteiger partial charge in [0.25, 0.3) is 0 Å². The van der Waals surface area contributed by atoms with Crippen molar-refractivity contribution < 1.29 is 138 Å². The number of carboxylic acids is 4. The zero-order valence-electron chi connectivity index (χ0n) is 60.9. The third kappa shape index (κ3) is 94.6. The molecule has 0 saturated carbocycles. The van der Waals surface area contributed by atoms with Gasteiger partial charge in [0, 0.05) is 94.0 Å². The minimum absolute atomic E-state index is 0. The van der Waals surface area contributed by atoms with Crippen molar-refractivity contribution in [1.82, 2.24) is 0 Å². The predicted molar refractivity (Wildman–Crippen MR) is 407 cm³/mol. The van der Waals surface area contributed by atoms with Crippen LogP contribution in [0.4, 0.5) is 0 Å². The van der Waals surface area contributed by atoms with Crippen molar-refractivity contribution in [3.8, 4) is 0 Å². The number of hydrogen-bond acceptors (Lipinski definition) is 8. The van der Waals surface area contributed by atoms with Gasteiger partial charge in [0.2, 0.25) is 0 Å². The van der Waals surface area contributed by atoms with Crippen LogP contribution >= 0.6 is 0 Å². The number of aliphatic carboxylic acids is 4. The van der Waals surface area contributed by atoms with Crippen molar-refractivity contribution in [3.05, 3.63) is 241 Å². The second-order valence-corrected chi connectivity index (χ2v) is 37.7. The number of carbonyl (C=O) groups excluding carboxylic acids is 4. The third-order valence-corrected chi connectivity index (χ3v) is 31.1. The molecule has 8 radical (unpaired) electrons. The second kappa shape index (κ2) is 97.6. The van der Waals surface area contributed by atoms with Crippen LogP contribution in [0, 0.1) is 24.3 Å². The molecule has 14 nitrogen and oxygen atoms in total. The molecular weight excluding hydrogens is 1880 g/mol. The SMILES string of the molecule is CC[CH2][Sn][CH2]CC.CC[CH2][Sn][CH2]CC.CC[CH2][Sn][CH2]CC.CC[CH2][Sn][CH2]CC.O.O.O=C(O)CCC(=O)[c-]1cccc1.O=C(O)CCC(=O)[c-]1cccc1.O=C(O)CCC(=O)[c-]1cccc1.O=C(O)CCC(=O)[c-]1cccc1.[Fe].[Fe].[Fe].[Fe].[c-]1[c-][c-][cH-][c-]1.c1cc[cH-]c1.c1cc[cH-]c1.c1cc[cH-]c1. The van der Waals surface area contributed by atoms with Crippen molar-refractivity contribution in [3.63, 3.8) is 0 Å². The maximum absolute atomic E-state index is 11.1. The molecule has 0 atom stereocenters. The van der Waals surface area contributed by atoms with Crippen LogP contribution in [0.1, 0.15) is 200 Å². The number of ketones is 4. The zero-order chi connectivity index (χ0) is 72.2. The molecule has 8 aromatic carbocycles. The molecule has 22 heteroatoms. The topological polar surface area (TPSA) is 280 Å². The minimum Gasteiger partial charge on any atom is -0.999 e. The first kappa shape index (κ1) is 120. The fourth-order valence-corrected chi connectivity index (χ4v) is 17.7. The summed E-state index contributed by atoms with van der Waals surface area (Å²) in [7, 11) is 0. The molecular formula is C80H112Fe4O14Sn4-12. The largest absolute Gasteiger partial charge is 0.999 e. The van der Waals surface area contributed by atoms with Crippen molar-refractivity contribution in [1.29, 1.82) is 0 Å². The fraction of sp³-hybridized carbons (Fsp3) is 0.400. The molecule has 0 unspecified atom stereocenters. The minimum atomic E-state index is -0.935. The Bertz CT molecular complexity index is 2340. The first-order chi connectivity index (χ1) is 46.5. The Morgan fingerprint density at radius 3 is 0.539 bits per heavy atom. The first-order valence-corrected chi connectivity index (χ1v) is 49.6. The molecule has 0 aliphatic rings. The van der Waals surface area contributed by atoms with Gasteiger partial charge in [-0.05, 0) is 0 Å². The van der Waals surface area contributed by atoms with Crippen LogP contribution in [0.2, 0.25) is 35.5 Å². The van der Waals surface area contributed by atoms with Crippen LogP contribution in [-0.4, -0.2) is 163 Å². The third-order valence-electron chi connectivity index (χ3n) is 11.6. The molecule has 0 fully saturated rings. The van der Waals surface area contributed by atoms with Crippen LogP contribution in [-0.2, 0) is 87.5 Å². The maximum atomic E-state index is 11.1. The van der Waals surface area contributed by atoms with Gasteiger partial charge in [0.15, 0.2) is 0 Å². The molecule has 8 rings (SSSR count). The summed E-state index contributed by atoms with van der Waals surface area (Å²) in [6.07, 6.45) is 11.5. The second-order valence-electron chi connectivity index (χ2n) is 20.5. The molecule has 576 valence electrons. The van der Waals surface area contributed by atoms with E-state index in [9.17, 15) is 38.4 Å². The molecule has 0 bridgehead atoms. The molecule has 0 heterocycles. The Morgan fingerprint density at radius 2 is 0.441 bits per heavy atom. The number of hydrogen-bond donors (Lipinski definition) is 4. The Kier molecular flexibility index (Phi) is 114. The number of carboxylic acid groups (broad SMARTS) is 4. The molecule has 0 aliphatic heterocycles. The van der Waals surface area contributed by atoms with Gasteiger partial charge in [-0.15, -0.1) is 0 Å². The van der Waals surface area contributed by atoms with E-state index in [4.69, 9.17) is 20.4 Å². The summed E-state index contributed by atoms with van der Waals surface area (Å²) in [5, 5.41) is 33.2. The van der Waals surface area contributed by atoms with Crippen LogP contribution in [0.25, 0.3) is 0 Å². The molecule has 0 saturated heterocycles. The van der Waals surface area contributed by atoms with E-state index in [-0.39, 0.29) is 238 Å². The first-order valence-electron chi connectivity index (χ1n) is 33.5. The molecule has 102 heavy (non-hydrogen) atoms. The van der Waals surface area contributed by atoms with Gasteiger partial charge in [-0.1, -0.05) is 22.3 Å². The summed E-state index contributed by atoms with van der Waals surface area (Å²) in [6, 6.07) is 69.5. The molecule has 8 aromatic rings. The monoisotopic (exact) mass is 2000 g/mol. The van der Waals surface area contributed by atoms with Crippen LogP contribution in [0.5, 0.6) is 0 Å². The van der Waals surface area contributed by atoms with Crippen molar-refractivity contribution in [2.24, 2.45) is 0 Å². The van der Waals surface area contributed by atoms with Crippen LogP contribution in [0.15, 0.2) is 194 Å². The Labute approximate surface area is 696 Å². The van der Waals surface area contributed by atoms with Crippen LogP contribution < -0.4 is 0 Å². The van der Waals surface area contributed by atoms with Gasteiger partial charge in [0.1, 0.15) is 23.1 Å². The van der Waals surface area contributed by atoms with Gasteiger partial charge < -0.3 is 80.9 Å². The maximum Gasteiger partial charge on any atom is 0.303 e. The molecule has 8 N–H and O–H groups in total. The van der Waals surface area contributed by atoms with Gasteiger partial charge in [0.05, 0.1) is 25.7 Å². The predicted octanol–water partition coefficient (Wildman–Crippen LogP) is 18.4. The number of rotatable bonds is 32. The molecule has 0 aromatic heterocycles. The molecule has 0 amide bonds. The van der Waals surface area contributed by atoms with E-state index in [1.54, 1.807) is 139 Å². The molecule has 0 aliphatic carbocycles. The molecule has 0 spiro atoms. The zero-order valence-corrected chi connectivity index (χ0v) is 76.7. The van der Waals surface area contributed by atoms with Crippen molar-refractivity contribution >= 4 is 132 Å². The Balaban J connectivity index is -0.000000114. The number of Topliss-reactive ketones (excluding diaryl/α,β-unsaturated/α-hetero) is 4. The number of carbonyl (C=O) groups is 8. The van der Waals surface area contributed by atoms with E-state index in [1.165, 1.54) is 51.4 Å². The van der Waals surface area contributed by atoms with Gasteiger partial charge in [-0.3, -0.25) is 19.2 Å². The van der Waals surface area contributed by atoms with E-state index >= 15 is 0 Å². The average molecular weight is 2000 g/mol. The normalized spacial score (nSPS) is 8.71. The van der Waals surface area contributed by atoms with E-state index in [0.29, 0.717) is 22.3 Å². The summed E-state index contributed by atoms with van der Waals surface area (Å²) in [5.74, 6) is -4.18. The quantitative estimate of drug-likeness (QED) is 0.0133. The Hall–Kier alpha value is -3.45. The van der Waals surface area contributed by atoms with E-state index in [0.717, 1.165) is 0 Å². The van der Waals surface area contributed by atoms with Crippen molar-refractivity contribution in [2.45, 2.75) is 194 Å². The van der Waals surface area contributed by atoms with Crippen LogP contribution in [0.3, 0.4) is 0 Å². The fourth-order valence-electron chi connectivity index (χ4n) is 6.76. The summed E-state index contributed by atoms with van der Waals surface area (Å²) in [5.41, 5.74) is 2.38. The summed E-state index contributed by atoms with van der Waals surface area (Å²) in [6.45, 7) is 18.3. The summed E-state index contributed by atoms with van der Waals surface area (Å²) < 4.78 is 12.8. The summed E-state index contributed by atoms with van der Waals surface area (Å²) in [4.78, 5) is 85.1. The van der Waals surface area contributed by atoms with Gasteiger partial charge >= 0.3 is 251 Å². The van der Waals surface area contributed by atoms with Gasteiger partial charge in [-0.25, -0.2) is 84.9 Å². The van der Waals surface area contributed by atoms with E-state index in [1.807, 2.05) is 91.0 Å². The standard InChI is InChI=1S/4C9H9O3.3C5H5.C5H.8C3H7.4Fe.2H2O.4Sn/c4*10-8(5-6-9(11)12)7-3-1-2-4-7;4*1-2-4-5-3-1;8*1-3-2;;;;;;;;;;/h4*1-4H,5-6H2,(H,11,12);3*1-5H;1H;8*1,3H2,2H3;;;;;2*1H2;;;;/q7*-1;-5;;;;;;;;;;;;;;;;;;. The Morgan fingerprint density at radius 1 is 0.284 bits per heavy atom. The van der Waals surface area contributed by atoms with Crippen molar-refractivity contribution in [2.75, 3.05) is 0 Å².